The van der Waals surface area contributed by atoms with Gasteiger partial charge in [0.25, 0.3) is 11.5 Å². The first-order valence-electron chi connectivity index (χ1n) is 9.47. The van der Waals surface area contributed by atoms with E-state index in [-0.39, 0.29) is 27.6 Å². The number of alkyl halides is 3. The van der Waals surface area contributed by atoms with E-state index >= 15 is 0 Å². The molecular formula is C22H16F3N3O4S. The highest BCUT2D eigenvalue weighted by molar-refractivity contribution is 7.90. The quantitative estimate of drug-likeness (QED) is 0.466. The van der Waals surface area contributed by atoms with E-state index in [0.717, 1.165) is 23.0 Å². The molecule has 2 heterocycles. The molecule has 4 rings (SSSR count). The molecule has 0 fully saturated rings. The van der Waals surface area contributed by atoms with Gasteiger partial charge in [-0.3, -0.25) is 14.2 Å². The van der Waals surface area contributed by atoms with Gasteiger partial charge in [-0.2, -0.15) is 13.2 Å². The summed E-state index contributed by atoms with van der Waals surface area (Å²) in [5.41, 5.74) is -0.625. The summed E-state index contributed by atoms with van der Waals surface area (Å²) in [5.74, 6) is -0.594. The van der Waals surface area contributed by atoms with E-state index in [1.807, 2.05) is 0 Å². The van der Waals surface area contributed by atoms with Gasteiger partial charge in [0.05, 0.1) is 16.1 Å². The first-order chi connectivity index (χ1) is 15.4. The second-order valence-electron chi connectivity index (χ2n) is 7.29. The fourth-order valence-corrected chi connectivity index (χ4v) is 3.97. The number of anilines is 1. The van der Waals surface area contributed by atoms with Crippen molar-refractivity contribution in [3.8, 4) is 5.69 Å². The lowest BCUT2D eigenvalue weighted by molar-refractivity contribution is -0.137. The van der Waals surface area contributed by atoms with Gasteiger partial charge in [0.1, 0.15) is 11.3 Å². The Bertz CT molecular complexity index is 1540. The van der Waals surface area contributed by atoms with Gasteiger partial charge in [-0.25, -0.2) is 8.42 Å². The Morgan fingerprint density at radius 3 is 2.33 bits per heavy atom. The molecule has 11 heteroatoms. The molecule has 4 aromatic rings. The van der Waals surface area contributed by atoms with Crippen LogP contribution in [0.3, 0.4) is 0 Å². The van der Waals surface area contributed by atoms with Crippen LogP contribution in [0.15, 0.2) is 76.4 Å². The fraction of sp³-hybridized carbons (Fsp3) is 0.0909. The molecule has 0 spiro atoms. The van der Waals surface area contributed by atoms with Crippen LogP contribution in [0.4, 0.5) is 18.9 Å². The van der Waals surface area contributed by atoms with Crippen molar-refractivity contribution in [2.75, 3.05) is 11.6 Å². The smallest absolute Gasteiger partial charge is 0.336 e. The fourth-order valence-electron chi connectivity index (χ4n) is 3.30. The highest BCUT2D eigenvalue weighted by atomic mass is 32.2. The Labute approximate surface area is 185 Å². The maximum Gasteiger partial charge on any atom is 0.416 e. The van der Waals surface area contributed by atoms with E-state index in [4.69, 9.17) is 0 Å². The Hall–Kier alpha value is -3.86. The molecule has 0 unspecified atom stereocenters. The number of benzene rings is 2. The van der Waals surface area contributed by atoms with Crippen molar-refractivity contribution in [1.82, 2.24) is 9.55 Å². The minimum atomic E-state index is -4.51. The van der Waals surface area contributed by atoms with E-state index in [9.17, 15) is 31.2 Å². The molecule has 0 atom stereocenters. The number of amides is 1. The molecule has 0 saturated heterocycles. The van der Waals surface area contributed by atoms with Crippen molar-refractivity contribution in [2.45, 2.75) is 11.1 Å². The molecule has 2 N–H and O–H groups in total. The van der Waals surface area contributed by atoms with Crippen molar-refractivity contribution in [2.24, 2.45) is 0 Å². The third-order valence-electron chi connectivity index (χ3n) is 4.89. The van der Waals surface area contributed by atoms with Crippen LogP contribution in [0.1, 0.15) is 16.1 Å². The first kappa shape index (κ1) is 22.3. The molecule has 0 radical (unpaired) electrons. The number of halogens is 3. The summed E-state index contributed by atoms with van der Waals surface area (Å²) in [6, 6.07) is 14.0. The lowest BCUT2D eigenvalue weighted by Crippen LogP contribution is -2.18. The van der Waals surface area contributed by atoms with E-state index in [1.165, 1.54) is 54.6 Å². The number of sulfone groups is 1. The Balaban J connectivity index is 1.71. The summed E-state index contributed by atoms with van der Waals surface area (Å²) in [5, 5.41) is 3.06. The van der Waals surface area contributed by atoms with Crippen LogP contribution in [0, 0.1) is 0 Å². The SMILES string of the molecule is CS(=O)(=O)c1cccc(NC(=O)c2cc3ccc(=O)n(-c4ccc(C(F)(F)F)cc4)c3[nH]2)c1. The molecule has 0 aliphatic rings. The van der Waals surface area contributed by atoms with Gasteiger partial charge in [0, 0.05) is 23.4 Å². The maximum atomic E-state index is 12.9. The summed E-state index contributed by atoms with van der Waals surface area (Å²) in [7, 11) is -3.47. The maximum absolute atomic E-state index is 12.9. The number of aromatic amines is 1. The van der Waals surface area contributed by atoms with Crippen LogP contribution in [-0.4, -0.2) is 30.1 Å². The molecule has 7 nitrogen and oxygen atoms in total. The first-order valence-corrected chi connectivity index (χ1v) is 11.4. The van der Waals surface area contributed by atoms with Crippen molar-refractivity contribution >= 4 is 32.5 Å². The van der Waals surface area contributed by atoms with Gasteiger partial charge in [-0.1, -0.05) is 6.07 Å². The zero-order valence-corrected chi connectivity index (χ0v) is 17.8. The van der Waals surface area contributed by atoms with Crippen LogP contribution in [-0.2, 0) is 16.0 Å². The molecular weight excluding hydrogens is 459 g/mol. The highest BCUT2D eigenvalue weighted by Crippen LogP contribution is 2.30. The zero-order chi connectivity index (χ0) is 24.0. The third kappa shape index (κ3) is 4.53. The molecule has 0 saturated carbocycles. The standard InChI is InChI=1S/C22H16F3N3O4S/c1-33(31,32)17-4-2-3-15(12-17)26-21(30)18-11-13-5-10-19(29)28(20(13)27-18)16-8-6-14(7-9-16)22(23,24)25/h2-12,27H,1H3,(H,26,30). The van der Waals surface area contributed by atoms with Crippen LogP contribution >= 0.6 is 0 Å². The molecule has 0 aliphatic carbocycles. The van der Waals surface area contributed by atoms with E-state index in [0.29, 0.717) is 5.39 Å². The van der Waals surface area contributed by atoms with Crippen molar-refractivity contribution in [3.63, 3.8) is 0 Å². The van der Waals surface area contributed by atoms with Gasteiger partial charge < -0.3 is 10.3 Å². The molecule has 0 bridgehead atoms. The predicted molar refractivity (Wildman–Crippen MR) is 116 cm³/mol. The minimum Gasteiger partial charge on any atom is -0.336 e. The number of nitrogens with zero attached hydrogens (tertiary/aromatic N) is 1. The Kier molecular flexibility index (Phi) is 5.36. The lowest BCUT2D eigenvalue weighted by atomic mass is 10.2. The monoisotopic (exact) mass is 475 g/mol. The van der Waals surface area contributed by atoms with Crippen LogP contribution in [0.25, 0.3) is 16.7 Å². The second kappa shape index (κ2) is 7.93. The summed E-state index contributed by atoms with van der Waals surface area (Å²) < 4.78 is 63.2. The van der Waals surface area contributed by atoms with Gasteiger partial charge >= 0.3 is 6.18 Å². The number of H-pyrrole nitrogens is 1. The minimum absolute atomic E-state index is 0.0353. The van der Waals surface area contributed by atoms with Crippen molar-refractivity contribution in [1.29, 1.82) is 0 Å². The number of nitrogens with one attached hydrogen (secondary N) is 2. The van der Waals surface area contributed by atoms with Crippen molar-refractivity contribution in [3.05, 3.63) is 88.3 Å². The molecule has 33 heavy (non-hydrogen) atoms. The Morgan fingerprint density at radius 2 is 1.70 bits per heavy atom. The molecule has 1 amide bonds. The van der Waals surface area contributed by atoms with Crippen molar-refractivity contribution < 1.29 is 26.4 Å². The Morgan fingerprint density at radius 1 is 1.00 bits per heavy atom. The van der Waals surface area contributed by atoms with Crippen LogP contribution < -0.4 is 10.9 Å². The number of fused-ring (bicyclic) bond motifs is 1. The number of aromatic nitrogens is 2. The number of rotatable bonds is 4. The van der Waals surface area contributed by atoms with E-state index < -0.39 is 33.0 Å². The number of carbonyl (C=O) groups is 1. The molecule has 2 aromatic carbocycles. The number of hydrogen-bond acceptors (Lipinski definition) is 4. The highest BCUT2D eigenvalue weighted by Gasteiger charge is 2.30. The summed E-state index contributed by atoms with van der Waals surface area (Å²) in [6.45, 7) is 0. The van der Waals surface area contributed by atoms with Gasteiger partial charge in [0.15, 0.2) is 9.84 Å². The largest absolute Gasteiger partial charge is 0.416 e. The number of carbonyl (C=O) groups excluding carboxylic acids is 1. The predicted octanol–water partition coefficient (Wildman–Crippen LogP) is 3.99. The zero-order valence-electron chi connectivity index (χ0n) is 17.0. The summed E-state index contributed by atoms with van der Waals surface area (Å²) in [4.78, 5) is 28.1. The average Bonchev–Trinajstić information content (AvgIpc) is 3.17. The van der Waals surface area contributed by atoms with E-state index in [2.05, 4.69) is 10.3 Å². The summed E-state index contributed by atoms with van der Waals surface area (Å²) in [6.07, 6.45) is -3.46. The van der Waals surface area contributed by atoms with E-state index in [1.54, 1.807) is 0 Å². The number of pyridine rings is 1. The lowest BCUT2D eigenvalue weighted by Gasteiger charge is -2.10. The van der Waals surface area contributed by atoms with Gasteiger partial charge in [-0.05, 0) is 54.6 Å². The molecule has 170 valence electrons. The van der Waals surface area contributed by atoms with Crippen LogP contribution in [0.2, 0.25) is 0 Å². The number of hydrogen-bond donors (Lipinski definition) is 2. The topological polar surface area (TPSA) is 101 Å². The normalized spacial score (nSPS) is 12.1. The summed E-state index contributed by atoms with van der Waals surface area (Å²) >= 11 is 0. The third-order valence-corrected chi connectivity index (χ3v) is 6.00. The molecule has 0 aliphatic heterocycles. The van der Waals surface area contributed by atoms with Crippen LogP contribution in [0.5, 0.6) is 0 Å². The second-order valence-corrected chi connectivity index (χ2v) is 9.31. The molecule has 2 aromatic heterocycles. The average molecular weight is 475 g/mol. The van der Waals surface area contributed by atoms with Gasteiger partial charge in [-0.15, -0.1) is 0 Å². The van der Waals surface area contributed by atoms with Gasteiger partial charge in [0.2, 0.25) is 0 Å².